The normalized spacial score (nSPS) is 19.3. The predicted molar refractivity (Wildman–Crippen MR) is 47.3 cm³/mol. The third kappa shape index (κ3) is 4.03. The van der Waals surface area contributed by atoms with Crippen LogP contribution >= 0.6 is 0 Å². The molecular weight excluding hydrogens is 170 g/mol. The molecule has 0 aromatic rings. The molecule has 0 atom stereocenters. The van der Waals surface area contributed by atoms with Gasteiger partial charge in [-0.05, 0) is 13.3 Å². The van der Waals surface area contributed by atoms with Crippen LogP contribution in [-0.4, -0.2) is 42.9 Å². The van der Waals surface area contributed by atoms with Gasteiger partial charge >= 0.3 is 5.97 Å². The summed E-state index contributed by atoms with van der Waals surface area (Å²) in [6.45, 7) is 3.92. The van der Waals surface area contributed by atoms with Gasteiger partial charge in [0.25, 0.3) is 0 Å². The lowest BCUT2D eigenvalue weighted by atomic mass is 10.3. The summed E-state index contributed by atoms with van der Waals surface area (Å²) < 4.78 is 4.87. The number of cyclic esters (lactones) is 1. The molecule has 1 aliphatic heterocycles. The zero-order chi connectivity index (χ0) is 9.68. The number of carbonyl (C=O) groups excluding carboxylic acids is 2. The van der Waals surface area contributed by atoms with Gasteiger partial charge < -0.3 is 4.74 Å². The molecule has 1 saturated heterocycles. The smallest absolute Gasteiger partial charge is 0.320 e. The van der Waals surface area contributed by atoms with E-state index in [1.165, 1.54) is 0 Å². The maximum absolute atomic E-state index is 11.0. The van der Waals surface area contributed by atoms with Crippen molar-refractivity contribution in [2.75, 3.05) is 26.2 Å². The molecule has 0 aliphatic carbocycles. The van der Waals surface area contributed by atoms with E-state index in [0.717, 1.165) is 13.0 Å². The van der Waals surface area contributed by atoms with Crippen molar-refractivity contribution in [2.24, 2.45) is 0 Å². The van der Waals surface area contributed by atoms with Gasteiger partial charge in [0, 0.05) is 19.5 Å². The highest BCUT2D eigenvalue weighted by Crippen LogP contribution is 2.01. The van der Waals surface area contributed by atoms with Gasteiger partial charge in [0.05, 0.1) is 13.2 Å². The Balaban J connectivity index is 2.30. The number of hydrogen-bond acceptors (Lipinski definition) is 4. The topological polar surface area (TPSA) is 46.6 Å². The Hall–Kier alpha value is -0.900. The maximum Gasteiger partial charge on any atom is 0.320 e. The van der Waals surface area contributed by atoms with Crippen LogP contribution in [0.25, 0.3) is 0 Å². The van der Waals surface area contributed by atoms with Crippen molar-refractivity contribution in [3.8, 4) is 0 Å². The van der Waals surface area contributed by atoms with Crippen LogP contribution in [0.3, 0.4) is 0 Å². The molecule has 0 amide bonds. The Morgan fingerprint density at radius 3 is 3.08 bits per heavy atom. The van der Waals surface area contributed by atoms with Gasteiger partial charge in [0.15, 0.2) is 0 Å². The molecule has 0 aromatic carbocycles. The van der Waals surface area contributed by atoms with Crippen LogP contribution in [0.4, 0.5) is 0 Å². The number of Topliss-reactive ketones (excluding diaryl/α,β-unsaturated/α-hetero) is 1. The van der Waals surface area contributed by atoms with Crippen molar-refractivity contribution >= 4 is 11.8 Å². The van der Waals surface area contributed by atoms with Gasteiger partial charge in [-0.2, -0.15) is 0 Å². The molecule has 74 valence electrons. The van der Waals surface area contributed by atoms with Crippen LogP contribution in [-0.2, 0) is 14.3 Å². The quantitative estimate of drug-likeness (QED) is 0.590. The first kappa shape index (κ1) is 10.2. The molecule has 4 heteroatoms. The summed E-state index contributed by atoms with van der Waals surface area (Å²) in [6.07, 6.45) is 1.39. The van der Waals surface area contributed by atoms with Gasteiger partial charge in [0.2, 0.25) is 0 Å². The lowest BCUT2D eigenvalue weighted by Gasteiger charge is -2.16. The third-order valence-electron chi connectivity index (χ3n) is 2.01. The van der Waals surface area contributed by atoms with Gasteiger partial charge in [-0.25, -0.2) is 0 Å². The molecule has 0 bridgehead atoms. The molecule has 1 aliphatic rings. The van der Waals surface area contributed by atoms with Crippen molar-refractivity contribution < 1.29 is 14.3 Å². The van der Waals surface area contributed by atoms with Crippen LogP contribution in [0, 0.1) is 0 Å². The van der Waals surface area contributed by atoms with Crippen molar-refractivity contribution in [3.63, 3.8) is 0 Å². The lowest BCUT2D eigenvalue weighted by molar-refractivity contribution is -0.143. The first-order chi connectivity index (χ1) is 6.18. The summed E-state index contributed by atoms with van der Waals surface area (Å²) in [4.78, 5) is 23.7. The summed E-state index contributed by atoms with van der Waals surface area (Å²) in [7, 11) is 0. The SMILES string of the molecule is CC(=O)CCN1CCCOC(=O)C1. The molecule has 0 aromatic heterocycles. The highest BCUT2D eigenvalue weighted by atomic mass is 16.5. The Kier molecular flexibility index (Phi) is 3.89. The summed E-state index contributed by atoms with van der Waals surface area (Å²) in [6, 6.07) is 0. The second-order valence-corrected chi connectivity index (χ2v) is 3.30. The zero-order valence-corrected chi connectivity index (χ0v) is 7.91. The van der Waals surface area contributed by atoms with Crippen LogP contribution in [0.5, 0.6) is 0 Å². The highest BCUT2D eigenvalue weighted by Gasteiger charge is 2.15. The monoisotopic (exact) mass is 185 g/mol. The van der Waals surface area contributed by atoms with Gasteiger partial charge in [-0.15, -0.1) is 0 Å². The minimum absolute atomic E-state index is 0.164. The first-order valence-corrected chi connectivity index (χ1v) is 4.56. The summed E-state index contributed by atoms with van der Waals surface area (Å²) >= 11 is 0. The maximum atomic E-state index is 11.0. The number of hydrogen-bond donors (Lipinski definition) is 0. The van der Waals surface area contributed by atoms with E-state index in [9.17, 15) is 9.59 Å². The Labute approximate surface area is 77.8 Å². The van der Waals surface area contributed by atoms with E-state index in [0.29, 0.717) is 26.1 Å². The van der Waals surface area contributed by atoms with Crippen LogP contribution < -0.4 is 0 Å². The summed E-state index contributed by atoms with van der Waals surface area (Å²) in [5.41, 5.74) is 0. The minimum Gasteiger partial charge on any atom is -0.465 e. The fraction of sp³-hybridized carbons (Fsp3) is 0.778. The molecule has 1 heterocycles. The Morgan fingerprint density at radius 2 is 2.38 bits per heavy atom. The molecule has 0 radical (unpaired) electrons. The van der Waals surface area contributed by atoms with E-state index in [-0.39, 0.29) is 11.8 Å². The van der Waals surface area contributed by atoms with Crippen LogP contribution in [0.2, 0.25) is 0 Å². The Morgan fingerprint density at radius 1 is 1.62 bits per heavy atom. The standard InChI is InChI=1S/C9H15NO3/c1-8(11)3-5-10-4-2-6-13-9(12)7-10/h2-7H2,1H3. The molecule has 13 heavy (non-hydrogen) atoms. The molecule has 1 fully saturated rings. The minimum atomic E-state index is -0.180. The largest absolute Gasteiger partial charge is 0.465 e. The van der Waals surface area contributed by atoms with E-state index in [1.807, 2.05) is 4.90 Å². The summed E-state index contributed by atoms with van der Waals surface area (Å²) in [5.74, 6) is -0.0151. The van der Waals surface area contributed by atoms with Crippen molar-refractivity contribution in [1.29, 1.82) is 0 Å². The molecule has 0 N–H and O–H groups in total. The van der Waals surface area contributed by atoms with E-state index in [4.69, 9.17) is 4.74 Å². The third-order valence-corrected chi connectivity index (χ3v) is 2.01. The second-order valence-electron chi connectivity index (χ2n) is 3.30. The van der Waals surface area contributed by atoms with Gasteiger partial charge in [-0.3, -0.25) is 14.5 Å². The Bertz CT molecular complexity index is 203. The van der Waals surface area contributed by atoms with Crippen LogP contribution in [0.1, 0.15) is 19.8 Å². The number of nitrogens with zero attached hydrogens (tertiary/aromatic N) is 1. The van der Waals surface area contributed by atoms with E-state index in [2.05, 4.69) is 0 Å². The number of esters is 1. The second kappa shape index (κ2) is 4.97. The number of ether oxygens (including phenoxy) is 1. The molecule has 0 saturated carbocycles. The zero-order valence-electron chi connectivity index (χ0n) is 7.91. The average Bonchev–Trinajstić information content (AvgIpc) is 2.26. The van der Waals surface area contributed by atoms with E-state index < -0.39 is 0 Å². The van der Waals surface area contributed by atoms with E-state index in [1.54, 1.807) is 6.92 Å². The van der Waals surface area contributed by atoms with Crippen molar-refractivity contribution in [3.05, 3.63) is 0 Å². The molecule has 1 rings (SSSR count). The van der Waals surface area contributed by atoms with Crippen LogP contribution in [0.15, 0.2) is 0 Å². The molecule has 4 nitrogen and oxygen atoms in total. The highest BCUT2D eigenvalue weighted by molar-refractivity contribution is 5.76. The van der Waals surface area contributed by atoms with Crippen molar-refractivity contribution in [1.82, 2.24) is 4.90 Å². The van der Waals surface area contributed by atoms with Crippen molar-refractivity contribution in [2.45, 2.75) is 19.8 Å². The molecular formula is C9H15NO3. The van der Waals surface area contributed by atoms with Gasteiger partial charge in [-0.1, -0.05) is 0 Å². The predicted octanol–water partition coefficient (Wildman–Crippen LogP) is 0.214. The average molecular weight is 185 g/mol. The number of carbonyl (C=O) groups is 2. The fourth-order valence-corrected chi connectivity index (χ4v) is 1.29. The number of ketones is 1. The summed E-state index contributed by atoms with van der Waals surface area (Å²) in [5, 5.41) is 0. The lowest BCUT2D eigenvalue weighted by Crippen LogP contribution is -2.30. The molecule has 0 unspecified atom stereocenters. The molecule has 0 spiro atoms. The number of rotatable bonds is 3. The fourth-order valence-electron chi connectivity index (χ4n) is 1.29. The first-order valence-electron chi connectivity index (χ1n) is 4.56. The van der Waals surface area contributed by atoms with E-state index >= 15 is 0 Å². The van der Waals surface area contributed by atoms with Gasteiger partial charge in [0.1, 0.15) is 5.78 Å².